The molecule has 2 bridgehead atoms. The first-order chi connectivity index (χ1) is 31.4. The number of hydrogen-bond donors (Lipinski definition) is 6. The summed E-state index contributed by atoms with van der Waals surface area (Å²) < 4.78 is 0.803. The van der Waals surface area contributed by atoms with Crippen molar-refractivity contribution < 1.29 is 38.7 Å². The van der Waals surface area contributed by atoms with Crippen LogP contribution in [0.3, 0.4) is 0 Å². The lowest BCUT2D eigenvalue weighted by Gasteiger charge is -2.27. The van der Waals surface area contributed by atoms with Gasteiger partial charge in [-0.1, -0.05) is 131 Å². The first-order valence-corrected chi connectivity index (χ1v) is 22.4. The average molecular weight is 943 g/mol. The SMILES string of the molecule is O=C1CCC(=O)N[C@H](CCc2ccccc2)C(=O)N[C@@H](Cc2ccc(Br)cc2)C(=O)N[C@H](Cc2ccccc2)C(=O)C[C@@H](C(=O)N[C@@H](Cc2ccccc2)C(=O)O)Cc2ccc(cc2)N1. The van der Waals surface area contributed by atoms with E-state index in [0.717, 1.165) is 15.6 Å². The lowest BCUT2D eigenvalue weighted by molar-refractivity contribution is -0.142. The number of aryl methyl sites for hydroxylation is 1. The molecule has 65 heavy (non-hydrogen) atoms. The van der Waals surface area contributed by atoms with Gasteiger partial charge in [0.25, 0.3) is 0 Å². The smallest absolute Gasteiger partial charge is 0.326 e. The number of carboxylic acid groups (broad SMARTS) is 1. The van der Waals surface area contributed by atoms with E-state index in [-0.39, 0.29) is 51.4 Å². The van der Waals surface area contributed by atoms with Crippen molar-refractivity contribution in [2.24, 2.45) is 5.92 Å². The van der Waals surface area contributed by atoms with E-state index in [1.807, 2.05) is 48.5 Å². The second-order valence-corrected chi connectivity index (χ2v) is 17.1. The number of benzene rings is 5. The Morgan fingerprint density at radius 1 is 0.600 bits per heavy atom. The molecule has 0 aliphatic carbocycles. The molecule has 5 aromatic carbocycles. The van der Waals surface area contributed by atoms with Gasteiger partial charge in [0.2, 0.25) is 29.5 Å². The van der Waals surface area contributed by atoms with Crippen LogP contribution in [0.15, 0.2) is 144 Å². The number of ketones is 1. The summed E-state index contributed by atoms with van der Waals surface area (Å²) in [6.45, 7) is 0. The van der Waals surface area contributed by atoms with E-state index in [0.29, 0.717) is 28.8 Å². The van der Waals surface area contributed by atoms with Crippen molar-refractivity contribution in [3.05, 3.63) is 172 Å². The summed E-state index contributed by atoms with van der Waals surface area (Å²) >= 11 is 3.44. The molecule has 13 nitrogen and oxygen atoms in total. The number of carbonyl (C=O) groups is 7. The molecule has 336 valence electrons. The fraction of sp³-hybridized carbons (Fsp3) is 0.275. The van der Waals surface area contributed by atoms with Crippen LogP contribution < -0.4 is 26.6 Å². The van der Waals surface area contributed by atoms with Crippen LogP contribution in [-0.2, 0) is 65.7 Å². The monoisotopic (exact) mass is 941 g/mol. The van der Waals surface area contributed by atoms with E-state index in [4.69, 9.17) is 0 Å². The Morgan fingerprint density at radius 3 is 1.77 bits per heavy atom. The molecule has 2 aliphatic heterocycles. The number of fused-ring (bicyclic) bond motifs is 18. The Balaban J connectivity index is 1.35. The predicted molar refractivity (Wildman–Crippen MR) is 249 cm³/mol. The van der Waals surface area contributed by atoms with E-state index >= 15 is 0 Å². The molecule has 0 saturated carbocycles. The fourth-order valence-electron chi connectivity index (χ4n) is 7.64. The first-order valence-electron chi connectivity index (χ1n) is 21.6. The number of anilines is 1. The van der Waals surface area contributed by atoms with Crippen molar-refractivity contribution >= 4 is 62.9 Å². The molecule has 6 N–H and O–H groups in total. The molecule has 5 amide bonds. The number of halogens is 1. The molecule has 0 radical (unpaired) electrons. The van der Waals surface area contributed by atoms with E-state index in [1.54, 1.807) is 91.0 Å². The maximum Gasteiger partial charge on any atom is 0.326 e. The van der Waals surface area contributed by atoms with Crippen molar-refractivity contribution in [3.63, 3.8) is 0 Å². The lowest BCUT2D eigenvalue weighted by Crippen LogP contribution is -2.57. The maximum absolute atomic E-state index is 14.7. The van der Waals surface area contributed by atoms with Crippen molar-refractivity contribution in [2.75, 3.05) is 5.32 Å². The van der Waals surface area contributed by atoms with E-state index in [9.17, 15) is 38.7 Å². The largest absolute Gasteiger partial charge is 0.480 e. The van der Waals surface area contributed by atoms with Crippen LogP contribution in [-0.4, -0.2) is 70.6 Å². The molecular formula is C51H52BrN5O8. The van der Waals surface area contributed by atoms with Gasteiger partial charge in [0.1, 0.15) is 18.1 Å². The molecular weight excluding hydrogens is 890 g/mol. The molecule has 0 aromatic heterocycles. The molecule has 2 aliphatic rings. The molecule has 0 spiro atoms. The summed E-state index contributed by atoms with van der Waals surface area (Å²) in [5, 5.41) is 24.2. The second-order valence-electron chi connectivity index (χ2n) is 16.2. The Morgan fingerprint density at radius 2 is 1.14 bits per heavy atom. The zero-order chi connectivity index (χ0) is 46.1. The quantitative estimate of drug-likeness (QED) is 0.0859. The van der Waals surface area contributed by atoms with Crippen LogP contribution >= 0.6 is 15.9 Å². The molecule has 2 heterocycles. The zero-order valence-electron chi connectivity index (χ0n) is 35.7. The number of carbonyl (C=O) groups excluding carboxylic acids is 6. The van der Waals surface area contributed by atoms with E-state index in [2.05, 4.69) is 42.5 Å². The minimum absolute atomic E-state index is 0.00334. The molecule has 5 aromatic rings. The van der Waals surface area contributed by atoms with Crippen molar-refractivity contribution in [2.45, 2.75) is 82.0 Å². The van der Waals surface area contributed by atoms with Gasteiger partial charge in [-0.25, -0.2) is 4.79 Å². The van der Waals surface area contributed by atoms with Crippen LogP contribution in [0.1, 0.15) is 53.5 Å². The van der Waals surface area contributed by atoms with Crippen LogP contribution in [0.5, 0.6) is 0 Å². The number of nitrogens with one attached hydrogen (secondary N) is 5. The minimum atomic E-state index is -1.30. The maximum atomic E-state index is 14.7. The van der Waals surface area contributed by atoms with Gasteiger partial charge in [-0.15, -0.1) is 0 Å². The van der Waals surface area contributed by atoms with Crippen LogP contribution in [0.2, 0.25) is 0 Å². The first kappa shape index (κ1) is 47.5. The van der Waals surface area contributed by atoms with Crippen molar-refractivity contribution in [3.8, 4) is 0 Å². The van der Waals surface area contributed by atoms with Gasteiger partial charge in [-0.3, -0.25) is 28.8 Å². The number of carboxylic acids is 1. The normalized spacial score (nSPS) is 19.4. The fourth-order valence-corrected chi connectivity index (χ4v) is 7.90. The van der Waals surface area contributed by atoms with Gasteiger partial charge in [0, 0.05) is 48.2 Å². The summed E-state index contributed by atoms with van der Waals surface area (Å²) in [6, 6.07) is 36.4. The van der Waals surface area contributed by atoms with Crippen LogP contribution in [0.25, 0.3) is 0 Å². The number of rotatable bonds is 12. The number of amides is 5. The molecule has 14 heteroatoms. The Labute approximate surface area is 386 Å². The number of Topliss-reactive ketones (excluding diaryl/α,β-unsaturated/α-hetero) is 1. The highest BCUT2D eigenvalue weighted by Crippen LogP contribution is 2.20. The second kappa shape index (κ2) is 23.7. The summed E-state index contributed by atoms with van der Waals surface area (Å²) in [4.78, 5) is 96.7. The highest BCUT2D eigenvalue weighted by Gasteiger charge is 2.34. The predicted octanol–water partition coefficient (Wildman–Crippen LogP) is 5.68. The minimum Gasteiger partial charge on any atom is -0.480 e. The van der Waals surface area contributed by atoms with Gasteiger partial charge in [-0.2, -0.15) is 0 Å². The third kappa shape index (κ3) is 15.1. The molecule has 0 fully saturated rings. The summed E-state index contributed by atoms with van der Waals surface area (Å²) in [6.07, 6.45) is -0.0903. The van der Waals surface area contributed by atoms with E-state index < -0.39 is 71.4 Å². The number of hydrogen-bond acceptors (Lipinski definition) is 7. The highest BCUT2D eigenvalue weighted by atomic mass is 79.9. The molecule has 7 rings (SSSR count). The zero-order valence-corrected chi connectivity index (χ0v) is 37.3. The molecule has 0 saturated heterocycles. The molecule has 0 unspecified atom stereocenters. The summed E-state index contributed by atoms with van der Waals surface area (Å²) in [7, 11) is 0. The van der Waals surface area contributed by atoms with E-state index in [1.165, 1.54) is 0 Å². The van der Waals surface area contributed by atoms with Gasteiger partial charge in [0.05, 0.1) is 6.04 Å². The highest BCUT2D eigenvalue weighted by molar-refractivity contribution is 9.10. The topological polar surface area (TPSA) is 200 Å². The Hall–Kier alpha value is -6.93. The Kier molecular flexibility index (Phi) is 17.3. The standard InChI is InChI=1S/C51H52BrN5O8/c52-39-21-16-37(17-22-39)30-43-50(63)55-42(29-34-12-6-2-7-13-34)45(58)32-38(48(61)57-44(51(64)65)31-35-14-8-3-9-15-35)28-36-18-23-40(24-19-36)53-46(59)26-27-47(60)54-41(49(62)56-43)25-20-33-10-4-1-5-11-33/h1-19,21-24,38,41-44H,20,25-32H2,(H,53,59)(H,54,60)(H,55,63)(H,56,62)(H,57,61)(H,64,65)/t38-,41+,42+,43-,44-/m0/s1. The summed E-state index contributed by atoms with van der Waals surface area (Å²) in [5.41, 5.74) is 4.10. The number of aliphatic carboxylic acids is 1. The Bertz CT molecular complexity index is 2420. The summed E-state index contributed by atoms with van der Waals surface area (Å²) in [5.74, 6) is -5.76. The third-order valence-corrected chi connectivity index (χ3v) is 11.7. The molecule has 5 atom stereocenters. The lowest BCUT2D eigenvalue weighted by atomic mass is 9.89. The van der Waals surface area contributed by atoms with Crippen molar-refractivity contribution in [1.82, 2.24) is 21.3 Å². The van der Waals surface area contributed by atoms with Crippen molar-refractivity contribution in [1.29, 1.82) is 0 Å². The van der Waals surface area contributed by atoms with Gasteiger partial charge in [0.15, 0.2) is 5.78 Å². The third-order valence-electron chi connectivity index (χ3n) is 11.2. The van der Waals surface area contributed by atoms with Gasteiger partial charge in [-0.05, 0) is 77.8 Å². The van der Waals surface area contributed by atoms with Gasteiger partial charge < -0.3 is 31.7 Å². The van der Waals surface area contributed by atoms with Crippen LogP contribution in [0, 0.1) is 5.92 Å². The van der Waals surface area contributed by atoms with Crippen LogP contribution in [0.4, 0.5) is 5.69 Å². The average Bonchev–Trinajstić information content (AvgIpc) is 3.30. The van der Waals surface area contributed by atoms with Gasteiger partial charge >= 0.3 is 5.97 Å².